The number of nitrogens with two attached hydrogens (primary N) is 2. The molecule has 0 aromatic heterocycles. The molecule has 0 unspecified atom stereocenters. The quantitative estimate of drug-likeness (QED) is 0.569. The lowest BCUT2D eigenvalue weighted by atomic mass is 9.96. The molecule has 0 aliphatic heterocycles. The van der Waals surface area contributed by atoms with Gasteiger partial charge in [-0.3, -0.25) is 0 Å². The molecule has 0 aliphatic rings. The molecule has 1 atom stereocenters. The molecule has 5 heteroatoms. The summed E-state index contributed by atoms with van der Waals surface area (Å²) < 4.78 is 13.1. The standard InChI is InChI=1S/C11H17FN2O.ClH/c1-6(2)3-9(13)8-4-7(12)5-10(14)11(8)15;/h4-6,9,15H,3,13-14H2,1-2H3;1H/t9-;/m0./s1. The van der Waals surface area contributed by atoms with Crippen LogP contribution in [0.3, 0.4) is 0 Å². The van der Waals surface area contributed by atoms with Gasteiger partial charge in [0.05, 0.1) is 5.69 Å². The minimum Gasteiger partial charge on any atom is -0.505 e. The highest BCUT2D eigenvalue weighted by Gasteiger charge is 2.15. The van der Waals surface area contributed by atoms with Crippen LogP contribution in [0.15, 0.2) is 12.1 Å². The predicted molar refractivity (Wildman–Crippen MR) is 66.1 cm³/mol. The second-order valence-corrected chi connectivity index (χ2v) is 4.17. The van der Waals surface area contributed by atoms with Crippen molar-refractivity contribution in [2.24, 2.45) is 11.7 Å². The Bertz CT molecular complexity index is 358. The SMILES string of the molecule is CC(C)C[C@H](N)c1cc(F)cc(N)c1O.Cl. The molecule has 16 heavy (non-hydrogen) atoms. The molecule has 1 aromatic rings. The highest BCUT2D eigenvalue weighted by atomic mass is 35.5. The van der Waals surface area contributed by atoms with Crippen LogP contribution >= 0.6 is 12.4 Å². The molecule has 0 heterocycles. The van der Waals surface area contributed by atoms with Crippen molar-refractivity contribution in [1.82, 2.24) is 0 Å². The molecule has 92 valence electrons. The number of anilines is 1. The van der Waals surface area contributed by atoms with Crippen molar-refractivity contribution in [2.75, 3.05) is 5.73 Å². The third-order valence-corrected chi connectivity index (χ3v) is 2.26. The van der Waals surface area contributed by atoms with Crippen LogP contribution in [0, 0.1) is 11.7 Å². The summed E-state index contributed by atoms with van der Waals surface area (Å²) in [5.74, 6) is -0.201. The topological polar surface area (TPSA) is 72.3 Å². The van der Waals surface area contributed by atoms with Crippen LogP contribution < -0.4 is 11.5 Å². The van der Waals surface area contributed by atoms with Gasteiger partial charge in [0, 0.05) is 17.7 Å². The second kappa shape index (κ2) is 5.92. The van der Waals surface area contributed by atoms with Gasteiger partial charge in [0.15, 0.2) is 0 Å². The summed E-state index contributed by atoms with van der Waals surface area (Å²) in [5.41, 5.74) is 11.7. The van der Waals surface area contributed by atoms with Crippen molar-refractivity contribution in [1.29, 1.82) is 0 Å². The monoisotopic (exact) mass is 248 g/mol. The Balaban J connectivity index is 0.00000225. The molecule has 1 rings (SSSR count). The maximum Gasteiger partial charge on any atom is 0.143 e. The molecular weight excluding hydrogens is 231 g/mol. The van der Waals surface area contributed by atoms with Gasteiger partial charge < -0.3 is 16.6 Å². The van der Waals surface area contributed by atoms with Crippen molar-refractivity contribution in [3.05, 3.63) is 23.5 Å². The lowest BCUT2D eigenvalue weighted by Crippen LogP contribution is -2.14. The average molecular weight is 249 g/mol. The van der Waals surface area contributed by atoms with Gasteiger partial charge in [0.2, 0.25) is 0 Å². The largest absolute Gasteiger partial charge is 0.505 e. The van der Waals surface area contributed by atoms with Crippen molar-refractivity contribution < 1.29 is 9.50 Å². The maximum atomic E-state index is 13.1. The van der Waals surface area contributed by atoms with E-state index in [9.17, 15) is 9.50 Å². The van der Waals surface area contributed by atoms with Crippen molar-refractivity contribution >= 4 is 18.1 Å². The first-order valence-electron chi connectivity index (χ1n) is 4.95. The summed E-state index contributed by atoms with van der Waals surface area (Å²) in [5, 5.41) is 9.63. The number of halogens is 2. The molecule has 0 saturated carbocycles. The van der Waals surface area contributed by atoms with E-state index in [1.54, 1.807) is 0 Å². The van der Waals surface area contributed by atoms with E-state index in [0.717, 1.165) is 6.07 Å². The highest BCUT2D eigenvalue weighted by molar-refractivity contribution is 5.85. The molecule has 3 nitrogen and oxygen atoms in total. The zero-order valence-electron chi connectivity index (χ0n) is 9.40. The van der Waals surface area contributed by atoms with Crippen molar-refractivity contribution in [3.8, 4) is 5.75 Å². The Kier molecular flexibility index (Phi) is 5.55. The van der Waals surface area contributed by atoms with E-state index in [-0.39, 0.29) is 29.9 Å². The van der Waals surface area contributed by atoms with Gasteiger partial charge in [-0.2, -0.15) is 0 Å². The van der Waals surface area contributed by atoms with Gasteiger partial charge >= 0.3 is 0 Å². The number of nitrogen functional groups attached to an aromatic ring is 1. The first kappa shape index (κ1) is 15.0. The average Bonchev–Trinajstić information content (AvgIpc) is 2.09. The number of hydrogen-bond donors (Lipinski definition) is 3. The predicted octanol–water partition coefficient (Wildman–Crippen LogP) is 2.58. The number of phenols is 1. The lowest BCUT2D eigenvalue weighted by molar-refractivity contribution is 0.444. The van der Waals surface area contributed by atoms with Gasteiger partial charge in [-0.05, 0) is 18.4 Å². The molecule has 0 spiro atoms. The highest BCUT2D eigenvalue weighted by Crippen LogP contribution is 2.32. The van der Waals surface area contributed by atoms with Crippen LogP contribution in [0.5, 0.6) is 5.75 Å². The van der Waals surface area contributed by atoms with E-state index in [1.807, 2.05) is 13.8 Å². The zero-order chi connectivity index (χ0) is 11.6. The first-order valence-corrected chi connectivity index (χ1v) is 4.95. The number of benzene rings is 1. The van der Waals surface area contributed by atoms with Gasteiger partial charge in [-0.1, -0.05) is 13.8 Å². The molecular formula is C11H18ClFN2O. The van der Waals surface area contributed by atoms with Crippen LogP contribution in [0.25, 0.3) is 0 Å². The fourth-order valence-electron chi connectivity index (χ4n) is 1.56. The zero-order valence-corrected chi connectivity index (χ0v) is 10.2. The molecule has 0 saturated heterocycles. The lowest BCUT2D eigenvalue weighted by Gasteiger charge is -2.16. The van der Waals surface area contributed by atoms with E-state index in [1.165, 1.54) is 6.07 Å². The number of rotatable bonds is 3. The molecule has 0 bridgehead atoms. The van der Waals surface area contributed by atoms with Gasteiger partial charge in [-0.25, -0.2) is 4.39 Å². The number of phenolic OH excluding ortho intramolecular Hbond substituents is 1. The van der Waals surface area contributed by atoms with E-state index < -0.39 is 5.82 Å². The summed E-state index contributed by atoms with van der Waals surface area (Å²) in [6, 6.07) is 1.93. The third-order valence-electron chi connectivity index (χ3n) is 2.26. The summed E-state index contributed by atoms with van der Waals surface area (Å²) in [4.78, 5) is 0. The Morgan fingerprint density at radius 2 is 1.94 bits per heavy atom. The Labute approximate surface area is 101 Å². The summed E-state index contributed by atoms with van der Waals surface area (Å²) in [7, 11) is 0. The van der Waals surface area contributed by atoms with Crippen molar-refractivity contribution in [3.63, 3.8) is 0 Å². The van der Waals surface area contributed by atoms with E-state index in [2.05, 4.69) is 0 Å². The minimum absolute atomic E-state index is 0. The van der Waals surface area contributed by atoms with Crippen LogP contribution in [-0.4, -0.2) is 5.11 Å². The first-order chi connectivity index (χ1) is 6.91. The van der Waals surface area contributed by atoms with E-state index in [4.69, 9.17) is 11.5 Å². The summed E-state index contributed by atoms with van der Waals surface area (Å²) >= 11 is 0. The third kappa shape index (κ3) is 3.54. The smallest absolute Gasteiger partial charge is 0.143 e. The number of hydrogen-bond acceptors (Lipinski definition) is 3. The van der Waals surface area contributed by atoms with Crippen molar-refractivity contribution in [2.45, 2.75) is 26.3 Å². The Morgan fingerprint density at radius 1 is 1.38 bits per heavy atom. The van der Waals surface area contributed by atoms with Crippen LogP contribution in [-0.2, 0) is 0 Å². The van der Waals surface area contributed by atoms with Gasteiger partial charge in [0.1, 0.15) is 11.6 Å². The summed E-state index contributed by atoms with van der Waals surface area (Å²) in [6.07, 6.45) is 0.677. The molecule has 0 aliphatic carbocycles. The Hall–Kier alpha value is -1.000. The molecule has 1 aromatic carbocycles. The molecule has 0 radical (unpaired) electrons. The summed E-state index contributed by atoms with van der Waals surface area (Å²) in [6.45, 7) is 4.03. The normalized spacial score (nSPS) is 12.3. The molecule has 5 N–H and O–H groups in total. The van der Waals surface area contributed by atoms with E-state index >= 15 is 0 Å². The van der Waals surface area contributed by atoms with Crippen LogP contribution in [0.4, 0.5) is 10.1 Å². The fraction of sp³-hybridized carbons (Fsp3) is 0.455. The van der Waals surface area contributed by atoms with Crippen LogP contribution in [0.1, 0.15) is 31.9 Å². The maximum absolute atomic E-state index is 13.1. The molecule has 0 fully saturated rings. The van der Waals surface area contributed by atoms with E-state index in [0.29, 0.717) is 17.9 Å². The van der Waals surface area contributed by atoms with Crippen LogP contribution in [0.2, 0.25) is 0 Å². The van der Waals surface area contributed by atoms with Gasteiger partial charge in [-0.15, -0.1) is 12.4 Å². The van der Waals surface area contributed by atoms with Gasteiger partial charge in [0.25, 0.3) is 0 Å². The molecule has 0 amide bonds. The Morgan fingerprint density at radius 3 is 2.44 bits per heavy atom. The fourth-order valence-corrected chi connectivity index (χ4v) is 1.56. The minimum atomic E-state index is -0.473. The second-order valence-electron chi connectivity index (χ2n) is 4.17. The number of aromatic hydroxyl groups is 1.